The number of methoxy groups -OCH3 is 1. The lowest BCUT2D eigenvalue weighted by atomic mass is 10.1. The summed E-state index contributed by atoms with van der Waals surface area (Å²) in [4.78, 5) is 11.6. The zero-order chi connectivity index (χ0) is 11.7. The first-order valence-electron chi connectivity index (χ1n) is 4.89. The van der Waals surface area contributed by atoms with Crippen molar-refractivity contribution < 1.29 is 9.15 Å². The fraction of sp³-hybridized carbons (Fsp3) is 0.154. The molecule has 0 amide bonds. The molecule has 1 aromatic carbocycles. The summed E-state index contributed by atoms with van der Waals surface area (Å²) in [6, 6.07) is 7.15. The van der Waals surface area contributed by atoms with Crippen LogP contribution in [0.15, 0.2) is 40.1 Å². The molecular formula is C13H12O3. The van der Waals surface area contributed by atoms with E-state index in [-0.39, 0.29) is 5.63 Å². The minimum atomic E-state index is -0.367. The first kappa shape index (κ1) is 10.5. The molecule has 2 rings (SSSR count). The smallest absolute Gasteiger partial charge is 0.343 e. The average Bonchev–Trinajstić information content (AvgIpc) is 2.27. The third-order valence-corrected chi connectivity index (χ3v) is 2.40. The Balaban J connectivity index is 2.74. The van der Waals surface area contributed by atoms with E-state index in [1.807, 2.05) is 12.1 Å². The number of fused-ring (bicyclic) bond motifs is 1. The average molecular weight is 216 g/mol. The lowest BCUT2D eigenvalue weighted by Gasteiger charge is -2.03. The first-order valence-corrected chi connectivity index (χ1v) is 4.89. The Morgan fingerprint density at radius 2 is 2.12 bits per heavy atom. The van der Waals surface area contributed by atoms with Crippen LogP contribution in [-0.4, -0.2) is 7.11 Å². The SMILES string of the molecule is C=C(C)c1cc2ccc(OC)cc2oc1=O. The van der Waals surface area contributed by atoms with Crippen molar-refractivity contribution in [1.82, 2.24) is 0 Å². The zero-order valence-electron chi connectivity index (χ0n) is 9.24. The van der Waals surface area contributed by atoms with E-state index in [4.69, 9.17) is 9.15 Å². The van der Waals surface area contributed by atoms with E-state index in [1.165, 1.54) is 0 Å². The molecule has 0 aliphatic rings. The van der Waals surface area contributed by atoms with Gasteiger partial charge in [-0.15, -0.1) is 0 Å². The second-order valence-electron chi connectivity index (χ2n) is 3.63. The summed E-state index contributed by atoms with van der Waals surface area (Å²) in [5.41, 5.74) is 1.37. The monoisotopic (exact) mass is 216 g/mol. The van der Waals surface area contributed by atoms with Crippen LogP contribution in [0.5, 0.6) is 5.75 Å². The normalized spacial score (nSPS) is 10.4. The van der Waals surface area contributed by atoms with Crippen LogP contribution in [0.4, 0.5) is 0 Å². The van der Waals surface area contributed by atoms with Crippen LogP contribution in [0.2, 0.25) is 0 Å². The summed E-state index contributed by atoms with van der Waals surface area (Å²) in [6.07, 6.45) is 0. The van der Waals surface area contributed by atoms with Crippen LogP contribution in [-0.2, 0) is 0 Å². The molecule has 16 heavy (non-hydrogen) atoms. The molecule has 0 saturated heterocycles. The highest BCUT2D eigenvalue weighted by atomic mass is 16.5. The number of benzene rings is 1. The predicted octanol–water partition coefficient (Wildman–Crippen LogP) is 2.83. The summed E-state index contributed by atoms with van der Waals surface area (Å²) >= 11 is 0. The fourth-order valence-electron chi connectivity index (χ4n) is 1.52. The van der Waals surface area contributed by atoms with Gasteiger partial charge in [-0.2, -0.15) is 0 Å². The Hall–Kier alpha value is -2.03. The molecule has 0 aliphatic heterocycles. The Labute approximate surface area is 93.0 Å². The second-order valence-corrected chi connectivity index (χ2v) is 3.63. The van der Waals surface area contributed by atoms with Gasteiger partial charge in [0.1, 0.15) is 11.3 Å². The minimum Gasteiger partial charge on any atom is -0.497 e. The summed E-state index contributed by atoms with van der Waals surface area (Å²) in [6.45, 7) is 5.52. The van der Waals surface area contributed by atoms with E-state index in [9.17, 15) is 4.79 Å². The van der Waals surface area contributed by atoms with Crippen molar-refractivity contribution in [2.75, 3.05) is 7.11 Å². The van der Waals surface area contributed by atoms with Gasteiger partial charge >= 0.3 is 5.63 Å². The Morgan fingerprint density at radius 3 is 2.75 bits per heavy atom. The second kappa shape index (κ2) is 3.85. The summed E-state index contributed by atoms with van der Waals surface area (Å²) in [5, 5.41) is 0.860. The summed E-state index contributed by atoms with van der Waals surface area (Å²) < 4.78 is 10.3. The van der Waals surface area contributed by atoms with Gasteiger partial charge in [-0.1, -0.05) is 6.58 Å². The van der Waals surface area contributed by atoms with Gasteiger partial charge in [0.05, 0.1) is 12.7 Å². The van der Waals surface area contributed by atoms with Gasteiger partial charge < -0.3 is 9.15 Å². The molecule has 82 valence electrons. The molecule has 3 heteroatoms. The summed E-state index contributed by atoms with van der Waals surface area (Å²) in [5.74, 6) is 0.665. The Bertz CT molecular complexity index is 608. The number of allylic oxidation sites excluding steroid dienone is 1. The van der Waals surface area contributed by atoms with Crippen molar-refractivity contribution in [3.63, 3.8) is 0 Å². The van der Waals surface area contributed by atoms with Crippen LogP contribution < -0.4 is 10.4 Å². The van der Waals surface area contributed by atoms with Gasteiger partial charge in [0.15, 0.2) is 0 Å². The highest BCUT2D eigenvalue weighted by molar-refractivity contribution is 5.81. The van der Waals surface area contributed by atoms with Crippen molar-refractivity contribution in [2.45, 2.75) is 6.92 Å². The van der Waals surface area contributed by atoms with E-state index in [0.717, 1.165) is 5.39 Å². The maximum absolute atomic E-state index is 11.6. The lowest BCUT2D eigenvalue weighted by Crippen LogP contribution is -2.04. The summed E-state index contributed by atoms with van der Waals surface area (Å²) in [7, 11) is 1.57. The maximum Gasteiger partial charge on any atom is 0.343 e. The van der Waals surface area contributed by atoms with Gasteiger partial charge in [0, 0.05) is 11.5 Å². The molecule has 0 fully saturated rings. The molecule has 1 aromatic heterocycles. The van der Waals surface area contributed by atoms with Gasteiger partial charge in [-0.05, 0) is 30.7 Å². The maximum atomic E-state index is 11.6. The van der Waals surface area contributed by atoms with Gasteiger partial charge in [0.25, 0.3) is 0 Å². The highest BCUT2D eigenvalue weighted by Gasteiger charge is 2.06. The van der Waals surface area contributed by atoms with E-state index in [1.54, 1.807) is 26.2 Å². The molecule has 3 nitrogen and oxygen atoms in total. The zero-order valence-corrected chi connectivity index (χ0v) is 9.24. The van der Waals surface area contributed by atoms with Crippen molar-refractivity contribution in [1.29, 1.82) is 0 Å². The van der Waals surface area contributed by atoms with Crippen molar-refractivity contribution in [2.24, 2.45) is 0 Å². The molecule has 0 aliphatic carbocycles. The molecule has 0 N–H and O–H groups in total. The van der Waals surface area contributed by atoms with Crippen LogP contribution in [0.1, 0.15) is 12.5 Å². The van der Waals surface area contributed by atoms with Crippen LogP contribution in [0, 0.1) is 0 Å². The fourth-order valence-corrected chi connectivity index (χ4v) is 1.52. The molecule has 0 atom stereocenters. The quantitative estimate of drug-likeness (QED) is 0.724. The van der Waals surface area contributed by atoms with E-state index >= 15 is 0 Å². The largest absolute Gasteiger partial charge is 0.497 e. The first-order chi connectivity index (χ1) is 7.61. The molecule has 0 bridgehead atoms. The van der Waals surface area contributed by atoms with Gasteiger partial charge in [-0.25, -0.2) is 4.79 Å². The topological polar surface area (TPSA) is 39.4 Å². The van der Waals surface area contributed by atoms with Crippen molar-refractivity contribution in [3.8, 4) is 5.75 Å². The molecule has 0 spiro atoms. The van der Waals surface area contributed by atoms with E-state index < -0.39 is 0 Å². The molecular weight excluding hydrogens is 204 g/mol. The molecule has 0 radical (unpaired) electrons. The van der Waals surface area contributed by atoms with Gasteiger partial charge in [0.2, 0.25) is 0 Å². The third-order valence-electron chi connectivity index (χ3n) is 2.40. The van der Waals surface area contributed by atoms with Crippen LogP contribution >= 0.6 is 0 Å². The van der Waals surface area contributed by atoms with Crippen LogP contribution in [0.25, 0.3) is 16.5 Å². The molecule has 0 saturated carbocycles. The number of ether oxygens (including phenoxy) is 1. The lowest BCUT2D eigenvalue weighted by molar-refractivity contribution is 0.414. The standard InChI is InChI=1S/C13H12O3/c1-8(2)11-6-9-4-5-10(15-3)7-12(9)16-13(11)14/h4-7H,1H2,2-3H3. The van der Waals surface area contributed by atoms with Crippen molar-refractivity contribution in [3.05, 3.63) is 46.8 Å². The van der Waals surface area contributed by atoms with Gasteiger partial charge in [-0.3, -0.25) is 0 Å². The highest BCUT2D eigenvalue weighted by Crippen LogP contribution is 2.21. The number of hydrogen-bond acceptors (Lipinski definition) is 3. The minimum absolute atomic E-state index is 0.367. The molecule has 2 aromatic rings. The number of hydrogen-bond donors (Lipinski definition) is 0. The van der Waals surface area contributed by atoms with Crippen molar-refractivity contribution >= 4 is 16.5 Å². The van der Waals surface area contributed by atoms with E-state index in [0.29, 0.717) is 22.5 Å². The number of rotatable bonds is 2. The van der Waals surface area contributed by atoms with E-state index in [2.05, 4.69) is 6.58 Å². The Kier molecular flexibility index (Phi) is 2.52. The third kappa shape index (κ3) is 1.72. The predicted molar refractivity (Wildman–Crippen MR) is 63.7 cm³/mol. The Morgan fingerprint density at radius 1 is 1.38 bits per heavy atom. The molecule has 0 unspecified atom stereocenters. The van der Waals surface area contributed by atoms with Crippen LogP contribution in [0.3, 0.4) is 0 Å². The molecule has 1 heterocycles.